The van der Waals surface area contributed by atoms with Crippen LogP contribution in [0.1, 0.15) is 27.2 Å². The molecule has 0 unspecified atom stereocenters. The van der Waals surface area contributed by atoms with E-state index in [-0.39, 0.29) is 0 Å². The Labute approximate surface area is 110 Å². The molecule has 0 saturated heterocycles. The monoisotopic (exact) mass is 261 g/mol. The maximum Gasteiger partial charge on any atom is 0.178 e. The first-order valence-electron chi connectivity index (χ1n) is 5.82. The Morgan fingerprint density at radius 1 is 1.39 bits per heavy atom. The van der Waals surface area contributed by atoms with Crippen LogP contribution in [0.2, 0.25) is 0 Å². The van der Waals surface area contributed by atoms with Gasteiger partial charge >= 0.3 is 0 Å². The molecule has 0 N–H and O–H groups in total. The summed E-state index contributed by atoms with van der Waals surface area (Å²) in [6, 6.07) is 5.98. The smallest absolute Gasteiger partial charge is 0.178 e. The van der Waals surface area contributed by atoms with E-state index in [9.17, 15) is 4.79 Å². The van der Waals surface area contributed by atoms with Crippen LogP contribution in [0.25, 0.3) is 11.3 Å². The second-order valence-electron chi connectivity index (χ2n) is 3.99. The van der Waals surface area contributed by atoms with Crippen molar-refractivity contribution in [2.24, 2.45) is 0 Å². The zero-order valence-corrected chi connectivity index (χ0v) is 11.5. The van der Waals surface area contributed by atoms with E-state index in [0.717, 1.165) is 33.7 Å². The first-order chi connectivity index (χ1) is 8.65. The number of aryl methyl sites for hydroxylation is 2. The van der Waals surface area contributed by atoms with Crippen LogP contribution in [0.5, 0.6) is 5.75 Å². The summed E-state index contributed by atoms with van der Waals surface area (Å²) in [5.41, 5.74) is 2.99. The summed E-state index contributed by atoms with van der Waals surface area (Å²) in [6.07, 6.45) is 0.794. The van der Waals surface area contributed by atoms with Gasteiger partial charge in [0.2, 0.25) is 0 Å². The molecule has 0 aliphatic heterocycles. The van der Waals surface area contributed by atoms with Crippen molar-refractivity contribution in [3.8, 4) is 17.0 Å². The van der Waals surface area contributed by atoms with Gasteiger partial charge in [-0.2, -0.15) is 0 Å². The van der Waals surface area contributed by atoms with Crippen molar-refractivity contribution in [2.45, 2.75) is 20.8 Å². The van der Waals surface area contributed by atoms with Gasteiger partial charge in [-0.3, -0.25) is 4.79 Å². The maximum absolute atomic E-state index is 10.7. The number of thiazole rings is 1. The Morgan fingerprint density at radius 3 is 2.72 bits per heavy atom. The molecule has 0 bridgehead atoms. The molecule has 2 rings (SSSR count). The average Bonchev–Trinajstić information content (AvgIpc) is 2.73. The van der Waals surface area contributed by atoms with Crippen LogP contribution in [0.15, 0.2) is 18.2 Å². The number of ether oxygens (including phenoxy) is 1. The quantitative estimate of drug-likeness (QED) is 0.789. The van der Waals surface area contributed by atoms with E-state index in [1.54, 1.807) is 0 Å². The summed E-state index contributed by atoms with van der Waals surface area (Å²) in [6.45, 7) is 6.61. The van der Waals surface area contributed by atoms with Crippen molar-refractivity contribution >= 4 is 17.6 Å². The highest BCUT2D eigenvalue weighted by atomic mass is 32.1. The molecular weight excluding hydrogens is 246 g/mol. The van der Waals surface area contributed by atoms with Gasteiger partial charge in [-0.05, 0) is 44.5 Å². The first kappa shape index (κ1) is 12.8. The van der Waals surface area contributed by atoms with Crippen molar-refractivity contribution in [1.82, 2.24) is 4.98 Å². The van der Waals surface area contributed by atoms with Crippen LogP contribution in [-0.2, 0) is 0 Å². The van der Waals surface area contributed by atoms with Crippen LogP contribution in [0.4, 0.5) is 0 Å². The molecule has 94 valence electrons. The summed E-state index contributed by atoms with van der Waals surface area (Å²) in [5.74, 6) is 0.893. The highest BCUT2D eigenvalue weighted by Gasteiger charge is 2.10. The summed E-state index contributed by atoms with van der Waals surface area (Å²) < 4.78 is 5.51. The second kappa shape index (κ2) is 5.31. The van der Waals surface area contributed by atoms with E-state index in [4.69, 9.17) is 4.74 Å². The van der Waals surface area contributed by atoms with E-state index in [1.807, 2.05) is 39.0 Å². The molecule has 0 spiro atoms. The number of aromatic nitrogens is 1. The summed E-state index contributed by atoms with van der Waals surface area (Å²) in [4.78, 5) is 16.1. The highest BCUT2D eigenvalue weighted by molar-refractivity contribution is 7.13. The van der Waals surface area contributed by atoms with Crippen molar-refractivity contribution < 1.29 is 9.53 Å². The summed E-state index contributed by atoms with van der Waals surface area (Å²) >= 11 is 1.42. The molecule has 0 atom stereocenters. The largest absolute Gasteiger partial charge is 0.494 e. The lowest BCUT2D eigenvalue weighted by atomic mass is 10.1. The molecule has 2 aromatic rings. The molecule has 0 aliphatic rings. The first-order valence-corrected chi connectivity index (χ1v) is 6.63. The van der Waals surface area contributed by atoms with E-state index in [1.165, 1.54) is 11.3 Å². The topological polar surface area (TPSA) is 39.2 Å². The Balaban J connectivity index is 2.41. The Bertz CT molecular complexity index is 575. The van der Waals surface area contributed by atoms with Gasteiger partial charge in [0.25, 0.3) is 0 Å². The van der Waals surface area contributed by atoms with Gasteiger partial charge in [0, 0.05) is 10.4 Å². The molecule has 4 heteroatoms. The normalized spacial score (nSPS) is 10.4. The summed E-state index contributed by atoms with van der Waals surface area (Å²) in [5, 5.41) is 0.522. The number of nitrogens with zero attached hydrogens (tertiary/aromatic N) is 1. The minimum atomic E-state index is 0.522. The standard InChI is InChI=1S/C14H15NO2S/c1-4-17-12-6-5-11(7-9(12)2)14-10(3)18-13(8-16)15-14/h5-8H,4H2,1-3H3. The van der Waals surface area contributed by atoms with E-state index < -0.39 is 0 Å². The number of carbonyl (C=O) groups excluding carboxylic acids is 1. The Kier molecular flexibility index (Phi) is 3.77. The third kappa shape index (κ3) is 2.43. The van der Waals surface area contributed by atoms with Crippen LogP contribution < -0.4 is 4.74 Å². The minimum absolute atomic E-state index is 0.522. The zero-order chi connectivity index (χ0) is 13.1. The Hall–Kier alpha value is -1.68. The fourth-order valence-electron chi connectivity index (χ4n) is 1.85. The number of hydrogen-bond acceptors (Lipinski definition) is 4. The lowest BCUT2D eigenvalue weighted by molar-refractivity contribution is 0.112. The van der Waals surface area contributed by atoms with Crippen LogP contribution in [0.3, 0.4) is 0 Å². The number of carbonyl (C=O) groups is 1. The summed E-state index contributed by atoms with van der Waals surface area (Å²) in [7, 11) is 0. The lowest BCUT2D eigenvalue weighted by Crippen LogP contribution is -1.94. The third-order valence-corrected chi connectivity index (χ3v) is 3.56. The minimum Gasteiger partial charge on any atom is -0.494 e. The van der Waals surface area contributed by atoms with Crippen molar-refractivity contribution in [2.75, 3.05) is 6.61 Å². The number of rotatable bonds is 4. The van der Waals surface area contributed by atoms with Crippen LogP contribution in [-0.4, -0.2) is 17.9 Å². The van der Waals surface area contributed by atoms with E-state index in [2.05, 4.69) is 4.98 Å². The molecule has 1 aromatic heterocycles. The molecule has 1 aromatic carbocycles. The average molecular weight is 261 g/mol. The van der Waals surface area contributed by atoms with Gasteiger partial charge in [0.05, 0.1) is 12.3 Å². The third-order valence-electron chi connectivity index (χ3n) is 2.66. The molecule has 0 fully saturated rings. The van der Waals surface area contributed by atoms with E-state index in [0.29, 0.717) is 11.6 Å². The van der Waals surface area contributed by atoms with Gasteiger partial charge in [0.15, 0.2) is 11.3 Å². The number of hydrogen-bond donors (Lipinski definition) is 0. The molecule has 0 radical (unpaired) electrons. The predicted octanol–water partition coefficient (Wildman–Crippen LogP) is 3.64. The van der Waals surface area contributed by atoms with Crippen LogP contribution in [0, 0.1) is 13.8 Å². The zero-order valence-electron chi connectivity index (χ0n) is 10.7. The van der Waals surface area contributed by atoms with Gasteiger partial charge < -0.3 is 4.74 Å². The van der Waals surface area contributed by atoms with Gasteiger partial charge in [-0.25, -0.2) is 4.98 Å². The second-order valence-corrected chi connectivity index (χ2v) is 5.22. The van der Waals surface area contributed by atoms with E-state index >= 15 is 0 Å². The van der Waals surface area contributed by atoms with Gasteiger partial charge in [-0.15, -0.1) is 11.3 Å². The molecule has 0 saturated carbocycles. The fraction of sp³-hybridized carbons (Fsp3) is 0.286. The maximum atomic E-state index is 10.7. The molecule has 1 heterocycles. The molecular formula is C14H15NO2S. The SMILES string of the molecule is CCOc1ccc(-c2nc(C=O)sc2C)cc1C. The number of aldehydes is 1. The molecule has 3 nitrogen and oxygen atoms in total. The fourth-order valence-corrected chi connectivity index (χ4v) is 2.61. The van der Waals surface area contributed by atoms with Crippen molar-refractivity contribution in [1.29, 1.82) is 0 Å². The molecule has 0 aliphatic carbocycles. The van der Waals surface area contributed by atoms with Gasteiger partial charge in [-0.1, -0.05) is 0 Å². The number of benzene rings is 1. The molecule has 0 amide bonds. The van der Waals surface area contributed by atoms with Gasteiger partial charge in [0.1, 0.15) is 5.75 Å². The Morgan fingerprint density at radius 2 is 2.17 bits per heavy atom. The van der Waals surface area contributed by atoms with Crippen molar-refractivity contribution in [3.63, 3.8) is 0 Å². The lowest BCUT2D eigenvalue weighted by Gasteiger charge is -2.08. The predicted molar refractivity (Wildman–Crippen MR) is 73.6 cm³/mol. The van der Waals surface area contributed by atoms with Crippen molar-refractivity contribution in [3.05, 3.63) is 33.6 Å². The van der Waals surface area contributed by atoms with Crippen LogP contribution >= 0.6 is 11.3 Å². The molecule has 18 heavy (non-hydrogen) atoms. The highest BCUT2D eigenvalue weighted by Crippen LogP contribution is 2.30.